The van der Waals surface area contributed by atoms with E-state index in [1.807, 2.05) is 30.3 Å². The van der Waals surface area contributed by atoms with E-state index < -0.39 is 11.7 Å². The van der Waals surface area contributed by atoms with Crippen LogP contribution in [0.2, 0.25) is 0 Å². The van der Waals surface area contributed by atoms with Crippen molar-refractivity contribution in [3.05, 3.63) is 66.2 Å². The molecule has 0 aromatic heterocycles. The number of fused-ring (bicyclic) bond motifs is 1. The summed E-state index contributed by atoms with van der Waals surface area (Å²) in [6.45, 7) is 4.16. The number of nitrogens with one attached hydrogen (secondary N) is 1. The molecule has 0 aliphatic carbocycles. The zero-order valence-corrected chi connectivity index (χ0v) is 14.7. The van der Waals surface area contributed by atoms with E-state index in [-0.39, 0.29) is 0 Å². The van der Waals surface area contributed by atoms with Crippen molar-refractivity contribution in [2.75, 3.05) is 0 Å². The maximum absolute atomic E-state index is 12.7. The largest absolute Gasteiger partial charge is 0.416 e. The van der Waals surface area contributed by atoms with Gasteiger partial charge in [-0.3, -0.25) is 4.72 Å². The van der Waals surface area contributed by atoms with Crippen LogP contribution >= 0.6 is 11.9 Å². The topological polar surface area (TPSA) is 12.0 Å². The molecular weight excluding hydrogens is 343 g/mol. The average Bonchev–Trinajstić information content (AvgIpc) is 2.58. The lowest BCUT2D eigenvalue weighted by Crippen LogP contribution is -2.13. The molecule has 0 aliphatic heterocycles. The van der Waals surface area contributed by atoms with Crippen LogP contribution < -0.4 is 4.72 Å². The van der Waals surface area contributed by atoms with Crippen molar-refractivity contribution >= 4 is 22.7 Å². The second-order valence-electron chi connectivity index (χ2n) is 6.14. The van der Waals surface area contributed by atoms with Crippen molar-refractivity contribution in [2.45, 2.75) is 31.0 Å². The van der Waals surface area contributed by atoms with E-state index >= 15 is 0 Å². The van der Waals surface area contributed by atoms with Gasteiger partial charge in [0, 0.05) is 10.9 Å². The predicted molar refractivity (Wildman–Crippen MR) is 98.5 cm³/mol. The number of halogens is 3. The molecule has 0 saturated carbocycles. The van der Waals surface area contributed by atoms with Crippen LogP contribution in [0.3, 0.4) is 0 Å². The predicted octanol–water partition coefficient (Wildman–Crippen LogP) is 6.53. The molecule has 0 saturated heterocycles. The Morgan fingerprint density at radius 2 is 1.64 bits per heavy atom. The molecule has 3 aromatic carbocycles. The summed E-state index contributed by atoms with van der Waals surface area (Å²) in [5.74, 6) is 0. The van der Waals surface area contributed by atoms with Gasteiger partial charge in [0.1, 0.15) is 0 Å². The molecule has 0 atom stereocenters. The minimum atomic E-state index is -4.31. The summed E-state index contributed by atoms with van der Waals surface area (Å²) < 4.78 is 41.5. The summed E-state index contributed by atoms with van der Waals surface area (Å²) in [6.07, 6.45) is -4.31. The van der Waals surface area contributed by atoms with Crippen LogP contribution in [0.15, 0.2) is 65.6 Å². The van der Waals surface area contributed by atoms with Gasteiger partial charge in [0.05, 0.1) is 5.56 Å². The molecule has 3 aromatic rings. The Kier molecular flexibility index (Phi) is 5.06. The van der Waals surface area contributed by atoms with E-state index in [2.05, 4.69) is 24.6 Å². The van der Waals surface area contributed by atoms with Crippen molar-refractivity contribution < 1.29 is 13.2 Å². The Hall–Kier alpha value is -1.98. The molecule has 0 fully saturated rings. The van der Waals surface area contributed by atoms with E-state index in [0.717, 1.165) is 38.9 Å². The van der Waals surface area contributed by atoms with Crippen LogP contribution in [0.25, 0.3) is 21.9 Å². The first-order chi connectivity index (χ1) is 11.8. The number of hydrogen-bond donors (Lipinski definition) is 1. The zero-order chi connectivity index (χ0) is 18.0. The molecule has 1 nitrogen and oxygen atoms in total. The summed E-state index contributed by atoms with van der Waals surface area (Å²) >= 11 is 1.57. The molecule has 5 heteroatoms. The Morgan fingerprint density at radius 1 is 0.920 bits per heavy atom. The van der Waals surface area contributed by atoms with Gasteiger partial charge < -0.3 is 0 Å². The van der Waals surface area contributed by atoms with E-state index in [1.54, 1.807) is 11.9 Å². The molecule has 0 spiro atoms. The van der Waals surface area contributed by atoms with Crippen LogP contribution in [0.1, 0.15) is 19.4 Å². The second-order valence-corrected chi connectivity index (χ2v) is 7.05. The summed E-state index contributed by atoms with van der Waals surface area (Å²) in [6, 6.07) is 17.7. The SMILES string of the molecule is CC(C)NSc1ccc2c(-c3ccc(C(F)(F)F)cc3)cccc2c1. The van der Waals surface area contributed by atoms with E-state index in [4.69, 9.17) is 0 Å². The molecule has 25 heavy (non-hydrogen) atoms. The molecule has 0 aliphatic rings. The summed E-state index contributed by atoms with van der Waals surface area (Å²) in [4.78, 5) is 1.10. The van der Waals surface area contributed by atoms with E-state index in [1.165, 1.54) is 12.1 Å². The standard InChI is InChI=1S/C20H18F3NS/c1-13(2)24-25-17-10-11-19-15(12-17)4-3-5-18(19)14-6-8-16(9-7-14)20(21,22)23/h3-13,24H,1-2H3. The van der Waals surface area contributed by atoms with Gasteiger partial charge >= 0.3 is 6.18 Å². The van der Waals surface area contributed by atoms with Crippen molar-refractivity contribution in [1.82, 2.24) is 4.72 Å². The molecule has 0 bridgehead atoms. The maximum Gasteiger partial charge on any atom is 0.416 e. The zero-order valence-electron chi connectivity index (χ0n) is 13.9. The Morgan fingerprint density at radius 3 is 2.28 bits per heavy atom. The highest BCUT2D eigenvalue weighted by molar-refractivity contribution is 7.97. The van der Waals surface area contributed by atoms with Crippen molar-refractivity contribution in [3.8, 4) is 11.1 Å². The Balaban J connectivity index is 1.96. The third-order valence-electron chi connectivity index (χ3n) is 3.79. The highest BCUT2D eigenvalue weighted by Crippen LogP contribution is 2.34. The number of benzene rings is 3. The minimum absolute atomic E-state index is 0.374. The summed E-state index contributed by atoms with van der Waals surface area (Å²) in [7, 11) is 0. The lowest BCUT2D eigenvalue weighted by atomic mass is 9.97. The van der Waals surface area contributed by atoms with Gasteiger partial charge in [0.15, 0.2) is 0 Å². The molecule has 0 unspecified atom stereocenters. The van der Waals surface area contributed by atoms with Gasteiger partial charge in [-0.05, 0) is 72.0 Å². The lowest BCUT2D eigenvalue weighted by Gasteiger charge is -2.11. The van der Waals surface area contributed by atoms with Gasteiger partial charge in [0.25, 0.3) is 0 Å². The van der Waals surface area contributed by atoms with Gasteiger partial charge in [-0.15, -0.1) is 0 Å². The van der Waals surface area contributed by atoms with E-state index in [0.29, 0.717) is 6.04 Å². The molecule has 0 heterocycles. The van der Waals surface area contributed by atoms with Crippen molar-refractivity contribution in [3.63, 3.8) is 0 Å². The molecule has 3 rings (SSSR count). The smallest absolute Gasteiger partial charge is 0.257 e. The quantitative estimate of drug-likeness (QED) is 0.530. The number of rotatable bonds is 4. The first-order valence-corrected chi connectivity index (χ1v) is 8.79. The Bertz CT molecular complexity index is 870. The Labute approximate surface area is 149 Å². The van der Waals surface area contributed by atoms with Gasteiger partial charge in [-0.25, -0.2) is 0 Å². The highest BCUT2D eigenvalue weighted by atomic mass is 32.2. The number of alkyl halides is 3. The third-order valence-corrected chi connectivity index (χ3v) is 4.87. The van der Waals surface area contributed by atoms with E-state index in [9.17, 15) is 13.2 Å². The molecule has 0 radical (unpaired) electrons. The van der Waals surface area contributed by atoms with Crippen LogP contribution in [0.5, 0.6) is 0 Å². The third kappa shape index (κ3) is 4.17. The molecule has 1 N–H and O–H groups in total. The molecule has 0 amide bonds. The van der Waals surface area contributed by atoms with Crippen molar-refractivity contribution in [2.24, 2.45) is 0 Å². The summed E-state index contributed by atoms with van der Waals surface area (Å²) in [5.41, 5.74) is 1.08. The first-order valence-electron chi connectivity index (χ1n) is 7.97. The van der Waals surface area contributed by atoms with Crippen molar-refractivity contribution in [1.29, 1.82) is 0 Å². The fourth-order valence-corrected chi connectivity index (χ4v) is 3.30. The molecule has 130 valence electrons. The second kappa shape index (κ2) is 7.10. The van der Waals surface area contributed by atoms with Crippen LogP contribution in [0.4, 0.5) is 13.2 Å². The normalized spacial score (nSPS) is 12.1. The monoisotopic (exact) mass is 361 g/mol. The average molecular weight is 361 g/mol. The molecular formula is C20H18F3NS. The van der Waals surface area contributed by atoms with Gasteiger partial charge in [0.2, 0.25) is 0 Å². The fourth-order valence-electron chi connectivity index (χ4n) is 2.60. The summed E-state index contributed by atoms with van der Waals surface area (Å²) in [5, 5.41) is 2.09. The number of hydrogen-bond acceptors (Lipinski definition) is 2. The minimum Gasteiger partial charge on any atom is -0.257 e. The van der Waals surface area contributed by atoms with Crippen LogP contribution in [0, 0.1) is 0 Å². The van der Waals surface area contributed by atoms with Crippen LogP contribution in [-0.4, -0.2) is 6.04 Å². The first kappa shape index (κ1) is 17.8. The fraction of sp³-hybridized carbons (Fsp3) is 0.200. The lowest BCUT2D eigenvalue weighted by molar-refractivity contribution is -0.137. The van der Waals surface area contributed by atoms with Gasteiger partial charge in [-0.1, -0.05) is 36.4 Å². The van der Waals surface area contributed by atoms with Crippen LogP contribution in [-0.2, 0) is 6.18 Å². The highest BCUT2D eigenvalue weighted by Gasteiger charge is 2.30. The maximum atomic E-state index is 12.7. The van der Waals surface area contributed by atoms with Gasteiger partial charge in [-0.2, -0.15) is 13.2 Å².